The number of phosphoric ester groups is 1. The highest BCUT2D eigenvalue weighted by atomic mass is 32.1. The average Bonchev–Trinajstić information content (AvgIpc) is 2.75. The fraction of sp³-hybridized carbons (Fsp3) is 0.700. The fourth-order valence-electron chi connectivity index (χ4n) is 2.17. The Balaban J connectivity index is 2.10. The van der Waals surface area contributed by atoms with Crippen LogP contribution in [0.4, 0.5) is 9.18 Å². The molecule has 0 saturated carbocycles. The van der Waals surface area contributed by atoms with Crippen LogP contribution in [0, 0.1) is 5.41 Å². The molecule has 0 aliphatic carbocycles. The van der Waals surface area contributed by atoms with Crippen molar-refractivity contribution in [1.29, 1.82) is 5.41 Å². The third-order valence-corrected chi connectivity index (χ3v) is 4.51. The molecule has 4 atom stereocenters. The van der Waals surface area contributed by atoms with Gasteiger partial charge in [-0.1, -0.05) is 12.2 Å². The van der Waals surface area contributed by atoms with Gasteiger partial charge in [0.25, 0.3) is 0 Å². The summed E-state index contributed by atoms with van der Waals surface area (Å²) in [5, 5.41) is 19.3. The van der Waals surface area contributed by atoms with Crippen molar-refractivity contribution in [3.05, 3.63) is 0 Å². The summed E-state index contributed by atoms with van der Waals surface area (Å²) in [6.45, 7) is 0.386. The summed E-state index contributed by atoms with van der Waals surface area (Å²) in [5.74, 6) is -0.705. The number of thiocarbonyl (C=S) groups is 1. The van der Waals surface area contributed by atoms with Gasteiger partial charge in [0.2, 0.25) is 5.67 Å². The number of hydrogen-bond donors (Lipinski definition) is 5. The van der Waals surface area contributed by atoms with Crippen LogP contribution in [-0.2, 0) is 13.8 Å². The van der Waals surface area contributed by atoms with Crippen LogP contribution in [-0.4, -0.2) is 67.4 Å². The Morgan fingerprint density at radius 2 is 2.26 bits per heavy atom. The van der Waals surface area contributed by atoms with Gasteiger partial charge in [0.15, 0.2) is 0 Å². The van der Waals surface area contributed by atoms with Crippen LogP contribution in [0.15, 0.2) is 0 Å². The molecule has 2 saturated heterocycles. The molecule has 10 nitrogen and oxygen atoms in total. The zero-order valence-corrected chi connectivity index (χ0v) is 13.5. The molecule has 5 N–H and O–H groups in total. The molecule has 0 radical (unpaired) electrons. The molecule has 2 heterocycles. The lowest BCUT2D eigenvalue weighted by Crippen LogP contribution is -2.66. The summed E-state index contributed by atoms with van der Waals surface area (Å²) in [6, 6.07) is -0.885. The number of ether oxygens (including phenoxy) is 1. The SMILES string of the molecule is C[C@@]1(F)C(=N)NC(=O)N(C2C[C@H](O)[C@@H](COP(=O)(O)O)O2)C1=S. The molecule has 0 aromatic carbocycles. The van der Waals surface area contributed by atoms with Crippen molar-refractivity contribution in [2.75, 3.05) is 6.61 Å². The highest BCUT2D eigenvalue weighted by molar-refractivity contribution is 7.80. The van der Waals surface area contributed by atoms with Crippen LogP contribution in [0.3, 0.4) is 0 Å². The quantitative estimate of drug-likeness (QED) is 0.331. The van der Waals surface area contributed by atoms with Gasteiger partial charge in [0.05, 0.1) is 12.7 Å². The number of alkyl halides is 1. The Hall–Kier alpha value is -1.01. The first-order valence-corrected chi connectivity index (χ1v) is 8.33. The standard InChI is InChI=1S/C10H15FN3O7PS/c1-10(11)7(12)13-9(16)14(8(10)23)6-2-4(15)5(21-6)3-20-22(17,18)19/h4-6,15H,2-3H2,1H3,(H2,12,13,16)(H2,17,18,19)/t4-,5+,6?,10+/m0/s1. The Labute approximate surface area is 135 Å². The maximum Gasteiger partial charge on any atom is 0.469 e. The summed E-state index contributed by atoms with van der Waals surface area (Å²) in [7, 11) is -4.75. The number of aliphatic hydroxyl groups is 1. The fourth-order valence-corrected chi connectivity index (χ4v) is 2.81. The number of rotatable bonds is 4. The maximum atomic E-state index is 14.4. The second-order valence-corrected chi connectivity index (χ2v) is 6.83. The van der Waals surface area contributed by atoms with Crippen molar-refractivity contribution >= 4 is 36.9 Å². The first-order chi connectivity index (χ1) is 10.4. The molecule has 2 fully saturated rings. The van der Waals surface area contributed by atoms with Crippen molar-refractivity contribution in [3.8, 4) is 0 Å². The molecule has 2 rings (SSSR count). The van der Waals surface area contributed by atoms with E-state index in [0.29, 0.717) is 0 Å². The highest BCUT2D eigenvalue weighted by Crippen LogP contribution is 2.37. The molecule has 0 aromatic rings. The van der Waals surface area contributed by atoms with Crippen molar-refractivity contribution < 1.29 is 37.9 Å². The molecule has 2 amide bonds. The molecular weight excluding hydrogens is 356 g/mol. The largest absolute Gasteiger partial charge is 0.469 e. The third-order valence-electron chi connectivity index (χ3n) is 3.44. The number of phosphoric acid groups is 1. The molecule has 1 unspecified atom stereocenters. The minimum absolute atomic E-state index is 0.161. The Bertz CT molecular complexity index is 597. The van der Waals surface area contributed by atoms with E-state index in [-0.39, 0.29) is 6.42 Å². The lowest BCUT2D eigenvalue weighted by atomic mass is 10.0. The molecule has 0 bridgehead atoms. The number of carbonyl (C=O) groups excluding carboxylic acids is 1. The summed E-state index contributed by atoms with van der Waals surface area (Å²) in [4.78, 5) is 29.5. The van der Waals surface area contributed by atoms with E-state index in [9.17, 15) is 18.9 Å². The second kappa shape index (κ2) is 6.13. The van der Waals surface area contributed by atoms with E-state index in [0.717, 1.165) is 11.8 Å². The number of hydrogen-bond acceptors (Lipinski definition) is 7. The van der Waals surface area contributed by atoms with Crippen LogP contribution in [0.25, 0.3) is 0 Å². The number of nitrogens with one attached hydrogen (secondary N) is 2. The van der Waals surface area contributed by atoms with Gasteiger partial charge in [-0.05, 0) is 6.92 Å². The minimum atomic E-state index is -4.75. The molecule has 13 heteroatoms. The molecule has 2 aliphatic heterocycles. The number of carbonyl (C=O) groups is 1. The van der Waals surface area contributed by atoms with Gasteiger partial charge >= 0.3 is 13.9 Å². The predicted molar refractivity (Wildman–Crippen MR) is 77.5 cm³/mol. The smallest absolute Gasteiger partial charge is 0.390 e. The normalized spacial score (nSPS) is 35.6. The topological polar surface area (TPSA) is 152 Å². The van der Waals surface area contributed by atoms with Crippen LogP contribution in [0.2, 0.25) is 0 Å². The minimum Gasteiger partial charge on any atom is -0.390 e. The maximum absolute atomic E-state index is 14.4. The second-order valence-electron chi connectivity index (χ2n) is 5.20. The zero-order chi connectivity index (χ0) is 17.6. The van der Waals surface area contributed by atoms with E-state index in [2.05, 4.69) is 4.52 Å². The molecule has 130 valence electrons. The van der Waals surface area contributed by atoms with Gasteiger partial charge in [0.1, 0.15) is 23.2 Å². The number of nitrogens with zero attached hydrogens (tertiary/aromatic N) is 1. The first kappa shape index (κ1) is 18.3. The summed E-state index contributed by atoms with van der Waals surface area (Å²) < 4.78 is 34.6. The molecule has 0 aromatic heterocycles. The van der Waals surface area contributed by atoms with E-state index >= 15 is 0 Å². The number of amides is 2. The number of amidine groups is 1. The molecule has 0 spiro atoms. The molecule has 2 aliphatic rings. The van der Waals surface area contributed by atoms with E-state index < -0.39 is 55.4 Å². The van der Waals surface area contributed by atoms with Crippen molar-refractivity contribution in [2.45, 2.75) is 37.4 Å². The van der Waals surface area contributed by atoms with Gasteiger partial charge in [-0.25, -0.2) is 13.8 Å². The Morgan fingerprint density at radius 1 is 1.65 bits per heavy atom. The van der Waals surface area contributed by atoms with E-state index in [4.69, 9.17) is 32.2 Å². The lowest BCUT2D eigenvalue weighted by Gasteiger charge is -2.39. The predicted octanol–water partition coefficient (Wildman–Crippen LogP) is -0.370. The summed E-state index contributed by atoms with van der Waals surface area (Å²) in [6.07, 6.45) is -3.64. The Kier molecular flexibility index (Phi) is 4.89. The third kappa shape index (κ3) is 3.74. The van der Waals surface area contributed by atoms with E-state index in [1.807, 2.05) is 5.32 Å². The van der Waals surface area contributed by atoms with Crippen LogP contribution in [0.5, 0.6) is 0 Å². The van der Waals surface area contributed by atoms with Crippen LogP contribution in [0.1, 0.15) is 13.3 Å². The van der Waals surface area contributed by atoms with Crippen LogP contribution >= 0.6 is 20.0 Å². The zero-order valence-electron chi connectivity index (χ0n) is 11.8. The average molecular weight is 371 g/mol. The number of urea groups is 1. The molecular formula is C10H15FN3O7PS. The monoisotopic (exact) mass is 371 g/mol. The molecule has 23 heavy (non-hydrogen) atoms. The van der Waals surface area contributed by atoms with E-state index in [1.54, 1.807) is 0 Å². The lowest BCUT2D eigenvalue weighted by molar-refractivity contribution is -0.0492. The number of halogens is 1. The van der Waals surface area contributed by atoms with Gasteiger partial charge in [-0.3, -0.25) is 20.1 Å². The number of aliphatic hydroxyl groups excluding tert-OH is 1. The Morgan fingerprint density at radius 3 is 2.83 bits per heavy atom. The first-order valence-electron chi connectivity index (χ1n) is 6.39. The van der Waals surface area contributed by atoms with Crippen molar-refractivity contribution in [2.24, 2.45) is 0 Å². The van der Waals surface area contributed by atoms with E-state index in [1.165, 1.54) is 0 Å². The van der Waals surface area contributed by atoms with Crippen molar-refractivity contribution in [1.82, 2.24) is 10.2 Å². The van der Waals surface area contributed by atoms with Gasteiger partial charge < -0.3 is 19.6 Å². The van der Waals surface area contributed by atoms with Crippen molar-refractivity contribution in [3.63, 3.8) is 0 Å². The highest BCUT2D eigenvalue weighted by Gasteiger charge is 2.51. The van der Waals surface area contributed by atoms with Gasteiger partial charge in [0, 0.05) is 6.42 Å². The van der Waals surface area contributed by atoms with Gasteiger partial charge in [-0.15, -0.1) is 0 Å². The summed E-state index contributed by atoms with van der Waals surface area (Å²) >= 11 is 4.89. The van der Waals surface area contributed by atoms with Gasteiger partial charge in [-0.2, -0.15) is 0 Å². The summed E-state index contributed by atoms with van der Waals surface area (Å²) in [5.41, 5.74) is -2.39. The van der Waals surface area contributed by atoms with Crippen LogP contribution < -0.4 is 5.32 Å².